The maximum atomic E-state index is 6.52. The van der Waals surface area contributed by atoms with Crippen molar-refractivity contribution in [2.24, 2.45) is 5.73 Å². The molecule has 2 aliphatic rings. The lowest BCUT2D eigenvalue weighted by Gasteiger charge is -2.50. The van der Waals surface area contributed by atoms with Crippen molar-refractivity contribution in [2.45, 2.75) is 63.7 Å². The van der Waals surface area contributed by atoms with Crippen LogP contribution in [-0.2, 0) is 0 Å². The van der Waals surface area contributed by atoms with E-state index in [-0.39, 0.29) is 6.04 Å². The van der Waals surface area contributed by atoms with Crippen LogP contribution in [0, 0.1) is 0 Å². The van der Waals surface area contributed by atoms with E-state index in [1.54, 1.807) is 0 Å². The Morgan fingerprint density at radius 3 is 2.95 bits per heavy atom. The number of nitrogens with two attached hydrogens (primary N) is 1. The molecule has 3 heterocycles. The summed E-state index contributed by atoms with van der Waals surface area (Å²) in [5.41, 5.74) is 6.52. The van der Waals surface area contributed by atoms with Gasteiger partial charge in [-0.3, -0.25) is 9.80 Å². The monoisotopic (exact) mass is 307 g/mol. The van der Waals surface area contributed by atoms with Gasteiger partial charge in [-0.1, -0.05) is 19.4 Å². The fourth-order valence-electron chi connectivity index (χ4n) is 4.07. The number of rotatable bonds is 4. The summed E-state index contributed by atoms with van der Waals surface area (Å²) in [6.07, 6.45) is 5.18. The first kappa shape index (κ1) is 15.5. The van der Waals surface area contributed by atoms with Gasteiger partial charge in [-0.2, -0.15) is 0 Å². The summed E-state index contributed by atoms with van der Waals surface area (Å²) in [5.74, 6) is 0. The van der Waals surface area contributed by atoms with Gasteiger partial charge in [0.1, 0.15) is 0 Å². The van der Waals surface area contributed by atoms with Crippen LogP contribution in [0.1, 0.15) is 50.4 Å². The maximum Gasteiger partial charge on any atom is 0.0596 e. The van der Waals surface area contributed by atoms with Crippen LogP contribution in [0.15, 0.2) is 17.5 Å². The lowest BCUT2D eigenvalue weighted by atomic mass is 9.93. The molecule has 4 atom stereocenters. The summed E-state index contributed by atoms with van der Waals surface area (Å²) in [6.45, 7) is 8.30. The molecule has 1 aromatic rings. The van der Waals surface area contributed by atoms with Crippen molar-refractivity contribution in [3.63, 3.8) is 0 Å². The number of hydrogen-bond donors (Lipinski definition) is 1. The molecule has 0 radical (unpaired) electrons. The molecular weight excluding hydrogens is 278 g/mol. The average Bonchev–Trinajstić information content (AvgIpc) is 3.01. The molecule has 0 saturated carbocycles. The minimum absolute atomic E-state index is 0.237. The number of hydrogen-bond acceptors (Lipinski definition) is 4. The zero-order chi connectivity index (χ0) is 14.8. The van der Waals surface area contributed by atoms with Crippen LogP contribution >= 0.6 is 11.3 Å². The molecule has 0 aromatic carbocycles. The van der Waals surface area contributed by atoms with Gasteiger partial charge >= 0.3 is 0 Å². The van der Waals surface area contributed by atoms with E-state index in [4.69, 9.17) is 5.73 Å². The van der Waals surface area contributed by atoms with Crippen molar-refractivity contribution >= 4 is 11.3 Å². The Labute approximate surface area is 133 Å². The predicted molar refractivity (Wildman–Crippen MR) is 90.7 cm³/mol. The Kier molecular flexibility index (Phi) is 4.99. The Morgan fingerprint density at radius 2 is 2.24 bits per heavy atom. The summed E-state index contributed by atoms with van der Waals surface area (Å²) in [5, 5.41) is 2.19. The number of thiophene rings is 1. The van der Waals surface area contributed by atoms with Crippen LogP contribution in [0.2, 0.25) is 0 Å². The smallest absolute Gasteiger partial charge is 0.0596 e. The number of fused-ring (bicyclic) bond motifs is 1. The normalized spacial score (nSPS) is 30.8. The quantitative estimate of drug-likeness (QED) is 0.928. The highest BCUT2D eigenvalue weighted by molar-refractivity contribution is 7.10. The van der Waals surface area contributed by atoms with E-state index in [1.165, 1.54) is 43.8 Å². The van der Waals surface area contributed by atoms with Gasteiger partial charge in [0.15, 0.2) is 0 Å². The molecule has 4 unspecified atom stereocenters. The second-order valence-electron chi connectivity index (χ2n) is 6.72. The van der Waals surface area contributed by atoms with E-state index in [1.807, 2.05) is 11.3 Å². The van der Waals surface area contributed by atoms with Crippen LogP contribution in [0.4, 0.5) is 0 Å². The van der Waals surface area contributed by atoms with Crippen LogP contribution in [0.3, 0.4) is 0 Å². The van der Waals surface area contributed by atoms with Crippen molar-refractivity contribution in [1.82, 2.24) is 9.80 Å². The third-order valence-electron chi connectivity index (χ3n) is 5.30. The second kappa shape index (κ2) is 6.78. The predicted octanol–water partition coefficient (Wildman–Crippen LogP) is 3.09. The molecule has 0 bridgehead atoms. The van der Waals surface area contributed by atoms with Gasteiger partial charge in [-0.25, -0.2) is 0 Å². The molecule has 1 aromatic heterocycles. The molecule has 118 valence electrons. The zero-order valence-corrected chi connectivity index (χ0v) is 14.2. The van der Waals surface area contributed by atoms with E-state index < -0.39 is 0 Å². The van der Waals surface area contributed by atoms with Crippen LogP contribution in [-0.4, -0.2) is 47.6 Å². The summed E-state index contributed by atoms with van der Waals surface area (Å²) >= 11 is 1.86. The van der Waals surface area contributed by atoms with Gasteiger partial charge < -0.3 is 5.73 Å². The van der Waals surface area contributed by atoms with Crippen molar-refractivity contribution in [2.75, 3.05) is 19.6 Å². The van der Waals surface area contributed by atoms with E-state index in [0.29, 0.717) is 12.1 Å². The Hall–Kier alpha value is -0.420. The molecule has 3 rings (SSSR count). The molecule has 21 heavy (non-hydrogen) atoms. The SMILES string of the molecule is CCC(N)C(c1cccs1)N1CC2CCCCN2CC1C. The number of nitrogens with zero attached hydrogens (tertiary/aromatic N) is 2. The van der Waals surface area contributed by atoms with E-state index in [0.717, 1.165) is 12.5 Å². The summed E-state index contributed by atoms with van der Waals surface area (Å²) in [4.78, 5) is 6.86. The Balaban J connectivity index is 1.81. The van der Waals surface area contributed by atoms with Crippen LogP contribution in [0.5, 0.6) is 0 Å². The van der Waals surface area contributed by atoms with E-state index in [2.05, 4.69) is 41.2 Å². The van der Waals surface area contributed by atoms with Gasteiger partial charge in [-0.15, -0.1) is 11.3 Å². The minimum Gasteiger partial charge on any atom is -0.326 e. The largest absolute Gasteiger partial charge is 0.326 e. The lowest BCUT2D eigenvalue weighted by Crippen LogP contribution is -2.61. The Morgan fingerprint density at radius 1 is 1.38 bits per heavy atom. The third-order valence-corrected chi connectivity index (χ3v) is 6.25. The summed E-state index contributed by atoms with van der Waals surface area (Å²) in [7, 11) is 0. The average molecular weight is 308 g/mol. The highest BCUT2D eigenvalue weighted by atomic mass is 32.1. The molecule has 4 heteroatoms. The molecule has 2 N–H and O–H groups in total. The van der Waals surface area contributed by atoms with Gasteiger partial charge in [-0.05, 0) is 44.2 Å². The first-order valence-corrected chi connectivity index (χ1v) is 9.37. The zero-order valence-electron chi connectivity index (χ0n) is 13.4. The molecule has 3 nitrogen and oxygen atoms in total. The Bertz CT molecular complexity index is 433. The topological polar surface area (TPSA) is 32.5 Å². The standard InChI is InChI=1S/C17H29N3S/c1-3-15(18)17(16-8-6-10-21-16)20-12-14-7-4-5-9-19(14)11-13(20)2/h6,8,10,13-15,17H,3-5,7,9,11-12,18H2,1-2H3. The summed E-state index contributed by atoms with van der Waals surface area (Å²) < 4.78 is 0. The van der Waals surface area contributed by atoms with Crippen molar-refractivity contribution in [1.29, 1.82) is 0 Å². The number of piperazine rings is 1. The minimum atomic E-state index is 0.237. The van der Waals surface area contributed by atoms with Crippen LogP contribution in [0.25, 0.3) is 0 Å². The fourth-order valence-corrected chi connectivity index (χ4v) is 4.99. The lowest BCUT2D eigenvalue weighted by molar-refractivity contribution is -0.0138. The maximum absolute atomic E-state index is 6.52. The first-order chi connectivity index (χ1) is 10.2. The second-order valence-corrected chi connectivity index (χ2v) is 7.70. The van der Waals surface area contributed by atoms with Crippen LogP contribution < -0.4 is 5.73 Å². The molecule has 2 fully saturated rings. The van der Waals surface area contributed by atoms with Crippen molar-refractivity contribution in [3.05, 3.63) is 22.4 Å². The van der Waals surface area contributed by atoms with Crippen molar-refractivity contribution < 1.29 is 0 Å². The van der Waals surface area contributed by atoms with Gasteiger partial charge in [0.2, 0.25) is 0 Å². The van der Waals surface area contributed by atoms with Crippen molar-refractivity contribution in [3.8, 4) is 0 Å². The molecular formula is C17H29N3S. The highest BCUT2D eigenvalue weighted by Gasteiger charge is 2.38. The molecule has 2 saturated heterocycles. The number of piperidine rings is 1. The van der Waals surface area contributed by atoms with Gasteiger partial charge in [0.05, 0.1) is 6.04 Å². The molecule has 0 spiro atoms. The molecule has 0 amide bonds. The van der Waals surface area contributed by atoms with Gasteiger partial charge in [0.25, 0.3) is 0 Å². The fraction of sp³-hybridized carbons (Fsp3) is 0.765. The van der Waals surface area contributed by atoms with Gasteiger partial charge in [0, 0.05) is 36.1 Å². The van der Waals surface area contributed by atoms with E-state index in [9.17, 15) is 0 Å². The van der Waals surface area contributed by atoms with E-state index >= 15 is 0 Å². The highest BCUT2D eigenvalue weighted by Crippen LogP contribution is 2.34. The molecule has 0 aliphatic carbocycles. The molecule has 2 aliphatic heterocycles. The third kappa shape index (κ3) is 3.19. The first-order valence-electron chi connectivity index (χ1n) is 8.49. The summed E-state index contributed by atoms with van der Waals surface area (Å²) in [6, 6.07) is 6.42.